The molecule has 5 unspecified atom stereocenters. The molecule has 0 amide bonds. The topological polar surface area (TPSA) is 46.8 Å². The van der Waals surface area contributed by atoms with Crippen molar-refractivity contribution in [3.8, 4) is 16.9 Å². The molecule has 1 spiro atoms. The highest BCUT2D eigenvalue weighted by Gasteiger charge is 2.53. The third-order valence-electron chi connectivity index (χ3n) is 16.7. The van der Waals surface area contributed by atoms with Crippen LogP contribution in [0.4, 0.5) is 0 Å². The van der Waals surface area contributed by atoms with E-state index in [-0.39, 0.29) is 29.0 Å². The fraction of sp³-hybridized carbons (Fsp3) is 0.262. The second-order valence-corrected chi connectivity index (χ2v) is 20.4. The van der Waals surface area contributed by atoms with Crippen molar-refractivity contribution in [2.45, 2.75) is 93.7 Å². The van der Waals surface area contributed by atoms with Crippen LogP contribution in [0, 0.1) is 5.92 Å². The lowest BCUT2D eigenvalue weighted by molar-refractivity contribution is 0.345. The molecule has 4 heteroatoms. The fourth-order valence-corrected chi connectivity index (χ4v) is 13.6. The smallest absolute Gasteiger partial charge is 0.144 e. The summed E-state index contributed by atoms with van der Waals surface area (Å²) in [5.74, 6) is 3.15. The number of hydrogen-bond acceptors (Lipinski definition) is 4. The molecule has 1 saturated carbocycles. The normalized spacial score (nSPS) is 25.3. The molecule has 0 saturated heterocycles. The van der Waals surface area contributed by atoms with E-state index < -0.39 is 0 Å². The molecule has 0 bridgehead atoms. The zero-order valence-electron chi connectivity index (χ0n) is 37.1. The van der Waals surface area contributed by atoms with Crippen molar-refractivity contribution in [1.29, 1.82) is 0 Å². The molecule has 7 aliphatic rings. The van der Waals surface area contributed by atoms with E-state index in [1.165, 1.54) is 76.6 Å². The first kappa shape index (κ1) is 37.8. The molecule has 5 aliphatic carbocycles. The van der Waals surface area contributed by atoms with Gasteiger partial charge in [-0.1, -0.05) is 161 Å². The second-order valence-electron chi connectivity index (χ2n) is 20.4. The summed E-state index contributed by atoms with van der Waals surface area (Å²) in [6, 6.07) is 49.2. The van der Waals surface area contributed by atoms with Gasteiger partial charge in [0.1, 0.15) is 28.8 Å². The summed E-state index contributed by atoms with van der Waals surface area (Å²) in [7, 11) is 0. The monoisotopic (exact) mass is 844 g/mol. The molecule has 0 radical (unpaired) electrons. The lowest BCUT2D eigenvalue weighted by atomic mass is 9.64. The number of ether oxygens (including phenoxy) is 1. The first-order chi connectivity index (χ1) is 31.9. The summed E-state index contributed by atoms with van der Waals surface area (Å²) in [6.45, 7) is 4.94. The van der Waals surface area contributed by atoms with Crippen LogP contribution >= 0.6 is 0 Å². The van der Waals surface area contributed by atoms with Gasteiger partial charge in [0, 0.05) is 51.6 Å². The number of aliphatic imine (C=N–C) groups is 1. The lowest BCUT2D eigenvalue weighted by Crippen LogP contribution is -2.40. The van der Waals surface area contributed by atoms with Gasteiger partial charge in [0.15, 0.2) is 0 Å². The van der Waals surface area contributed by atoms with Crippen LogP contribution in [0.5, 0.6) is 5.75 Å². The molecular formula is C61H52N2O2. The number of hydrogen-bond donors (Lipinski definition) is 1. The van der Waals surface area contributed by atoms with E-state index in [0.29, 0.717) is 11.8 Å². The Hall–Kier alpha value is -6.49. The van der Waals surface area contributed by atoms with Gasteiger partial charge in [-0.2, -0.15) is 0 Å². The molecule has 6 aromatic carbocycles. The average Bonchev–Trinajstić information content (AvgIpc) is 4.06. The van der Waals surface area contributed by atoms with Gasteiger partial charge in [-0.25, -0.2) is 0 Å². The number of nitrogens with zero attached hydrogens (tertiary/aromatic N) is 1. The Labute approximate surface area is 381 Å². The molecule has 1 aromatic heterocycles. The summed E-state index contributed by atoms with van der Waals surface area (Å²) >= 11 is 0. The number of fused-ring (bicyclic) bond motifs is 14. The van der Waals surface area contributed by atoms with Crippen molar-refractivity contribution in [1.82, 2.24) is 5.32 Å². The van der Waals surface area contributed by atoms with E-state index >= 15 is 0 Å². The van der Waals surface area contributed by atoms with E-state index in [1.807, 2.05) is 0 Å². The Balaban J connectivity index is 0.867. The quantitative estimate of drug-likeness (QED) is 0.192. The maximum absolute atomic E-state index is 6.94. The predicted octanol–water partition coefficient (Wildman–Crippen LogP) is 14.7. The third-order valence-corrected chi connectivity index (χ3v) is 16.7. The number of allylic oxidation sites excluding steroid dienone is 6. The maximum Gasteiger partial charge on any atom is 0.144 e. The Bertz CT molecular complexity index is 3310. The van der Waals surface area contributed by atoms with Gasteiger partial charge >= 0.3 is 0 Å². The molecule has 7 aromatic rings. The molecule has 3 heterocycles. The molecule has 2 aliphatic heterocycles. The Kier molecular flexibility index (Phi) is 8.15. The Morgan fingerprint density at radius 1 is 0.708 bits per heavy atom. The molecule has 14 rings (SSSR count). The van der Waals surface area contributed by atoms with Crippen LogP contribution < -0.4 is 10.1 Å². The highest BCUT2D eigenvalue weighted by Crippen LogP contribution is 2.64. The van der Waals surface area contributed by atoms with Crippen molar-refractivity contribution in [3.63, 3.8) is 0 Å². The standard InChI is InChI=1S/C61H52N2O2/c1-60(2)48-22-9-7-17-40(48)45-33-51-47(34-50(45)60)57-39(19-14-23-49(57)61(51)29-11-4-12-30-61)37-26-28-55-46(31-37)43-20-13-21-44(58(43)65-55)53-35-52(62-59(63-53)36-15-5-3-6-16-36)38-25-27-42-41-18-8-10-24-54(41)64-56(42)32-38/h3,5-10,13-26,28,31-34,42,45,50,52,59,62H,4,11-12,27,29-30,35H2,1-2H3. The van der Waals surface area contributed by atoms with Crippen molar-refractivity contribution in [2.24, 2.45) is 10.9 Å². The summed E-state index contributed by atoms with van der Waals surface area (Å²) in [6.07, 6.45) is 18.0. The van der Waals surface area contributed by atoms with Gasteiger partial charge in [0.25, 0.3) is 0 Å². The number of benzene rings is 6. The van der Waals surface area contributed by atoms with E-state index in [1.54, 1.807) is 11.1 Å². The first-order valence-electron chi connectivity index (χ1n) is 24.1. The average molecular weight is 845 g/mol. The van der Waals surface area contributed by atoms with Crippen molar-refractivity contribution in [3.05, 3.63) is 214 Å². The first-order valence-corrected chi connectivity index (χ1v) is 24.1. The van der Waals surface area contributed by atoms with Gasteiger partial charge in [-0.3, -0.25) is 10.3 Å². The summed E-state index contributed by atoms with van der Waals surface area (Å²) in [5.41, 5.74) is 19.5. The van der Waals surface area contributed by atoms with Crippen LogP contribution in [0.3, 0.4) is 0 Å². The SMILES string of the molecule is CC1(C)c2ccccc2C2C=C3C(=CC21)c1c(-c2ccc4oc5c(C6=NC(c7ccccc7)NC(C7=CCC8C(=C7)Oc7ccccc78)C6)cccc5c4c2)cccc1C31CCCCC1. The van der Waals surface area contributed by atoms with Crippen molar-refractivity contribution < 1.29 is 9.15 Å². The third kappa shape index (κ3) is 5.50. The molecular weight excluding hydrogens is 793 g/mol. The highest BCUT2D eigenvalue weighted by molar-refractivity contribution is 6.16. The van der Waals surface area contributed by atoms with Crippen LogP contribution in [0.25, 0.3) is 38.6 Å². The number of nitrogens with one attached hydrogen (secondary N) is 1. The Morgan fingerprint density at radius 3 is 2.38 bits per heavy atom. The molecule has 318 valence electrons. The van der Waals surface area contributed by atoms with E-state index in [4.69, 9.17) is 14.1 Å². The van der Waals surface area contributed by atoms with E-state index in [9.17, 15) is 0 Å². The zero-order chi connectivity index (χ0) is 43.0. The van der Waals surface area contributed by atoms with Crippen LogP contribution in [0.2, 0.25) is 0 Å². The minimum atomic E-state index is -0.199. The number of rotatable bonds is 4. The van der Waals surface area contributed by atoms with Crippen LogP contribution in [0.15, 0.2) is 184 Å². The largest absolute Gasteiger partial charge is 0.461 e. The Morgan fingerprint density at radius 2 is 1.49 bits per heavy atom. The predicted molar refractivity (Wildman–Crippen MR) is 264 cm³/mol. The van der Waals surface area contributed by atoms with Crippen molar-refractivity contribution in [2.75, 3.05) is 0 Å². The van der Waals surface area contributed by atoms with Gasteiger partial charge in [0.05, 0.1) is 5.71 Å². The molecule has 1 fully saturated rings. The van der Waals surface area contributed by atoms with Gasteiger partial charge in [-0.15, -0.1) is 0 Å². The molecule has 4 nitrogen and oxygen atoms in total. The second kappa shape index (κ2) is 14.0. The van der Waals surface area contributed by atoms with E-state index in [0.717, 1.165) is 63.1 Å². The van der Waals surface area contributed by atoms with Gasteiger partial charge < -0.3 is 9.15 Å². The minimum absolute atomic E-state index is 0.0552. The summed E-state index contributed by atoms with van der Waals surface area (Å²) in [4.78, 5) is 5.47. The van der Waals surface area contributed by atoms with E-state index in [2.05, 4.69) is 177 Å². The zero-order valence-corrected chi connectivity index (χ0v) is 37.1. The summed E-state index contributed by atoms with van der Waals surface area (Å²) in [5, 5.41) is 6.21. The van der Waals surface area contributed by atoms with Gasteiger partial charge in [-0.05, 0) is 117 Å². The number of para-hydroxylation sites is 2. The van der Waals surface area contributed by atoms with Gasteiger partial charge in [0.2, 0.25) is 0 Å². The fourth-order valence-electron chi connectivity index (χ4n) is 13.6. The summed E-state index contributed by atoms with van der Waals surface area (Å²) < 4.78 is 13.4. The molecule has 5 atom stereocenters. The lowest BCUT2D eigenvalue weighted by Gasteiger charge is -2.39. The maximum atomic E-state index is 6.94. The highest BCUT2D eigenvalue weighted by atomic mass is 16.5. The number of furan rings is 1. The van der Waals surface area contributed by atoms with Crippen molar-refractivity contribution >= 4 is 33.2 Å². The minimum Gasteiger partial charge on any atom is -0.461 e. The van der Waals surface area contributed by atoms with Crippen LogP contribution in [-0.2, 0) is 10.8 Å². The van der Waals surface area contributed by atoms with Crippen LogP contribution in [-0.4, -0.2) is 11.8 Å². The van der Waals surface area contributed by atoms with Crippen LogP contribution in [0.1, 0.15) is 116 Å². The molecule has 1 N–H and O–H groups in total. The molecule has 65 heavy (non-hydrogen) atoms.